The van der Waals surface area contributed by atoms with Gasteiger partial charge in [0.25, 0.3) is 0 Å². The Hall–Kier alpha value is -1.13. The molecule has 108 valence electrons. The maximum atomic E-state index is 6.42. The second kappa shape index (κ2) is 6.55. The molecular formula is C15H20ClN3S. The zero-order valence-electron chi connectivity index (χ0n) is 12.1. The van der Waals surface area contributed by atoms with Crippen LogP contribution in [0, 0.1) is 6.92 Å². The summed E-state index contributed by atoms with van der Waals surface area (Å²) in [6.07, 6.45) is 0.862. The Labute approximate surface area is 129 Å². The third-order valence-corrected chi connectivity index (χ3v) is 4.99. The third kappa shape index (κ3) is 2.96. The van der Waals surface area contributed by atoms with E-state index in [1.807, 2.05) is 23.7 Å². The van der Waals surface area contributed by atoms with Crippen molar-refractivity contribution in [1.29, 1.82) is 0 Å². The Bertz CT molecular complexity index is 607. The lowest BCUT2D eigenvalue weighted by Gasteiger charge is -2.09. The molecule has 0 fully saturated rings. The molecule has 1 aromatic heterocycles. The maximum Gasteiger partial charge on any atom is 0.0858 e. The summed E-state index contributed by atoms with van der Waals surface area (Å²) in [5.74, 6) is 0.809. The Kier molecular flexibility index (Phi) is 5.00. The molecule has 0 spiro atoms. The average Bonchev–Trinajstić information content (AvgIpc) is 2.76. The summed E-state index contributed by atoms with van der Waals surface area (Å²) in [5.41, 5.74) is 9.98. The predicted octanol–water partition coefficient (Wildman–Crippen LogP) is 4.30. The van der Waals surface area contributed by atoms with Gasteiger partial charge in [0.2, 0.25) is 0 Å². The second-order valence-electron chi connectivity index (χ2n) is 4.64. The predicted molar refractivity (Wildman–Crippen MR) is 87.4 cm³/mol. The van der Waals surface area contributed by atoms with E-state index < -0.39 is 0 Å². The molecule has 1 heterocycles. The first-order valence-electron chi connectivity index (χ1n) is 6.80. The van der Waals surface area contributed by atoms with Crippen molar-refractivity contribution in [2.45, 2.75) is 44.4 Å². The Balaban J connectivity index is 2.22. The topological polar surface area (TPSA) is 43.8 Å². The molecular weight excluding hydrogens is 290 g/mol. The second-order valence-corrected chi connectivity index (χ2v) is 6.03. The maximum absolute atomic E-state index is 6.42. The van der Waals surface area contributed by atoms with Crippen LogP contribution in [0.25, 0.3) is 0 Å². The summed E-state index contributed by atoms with van der Waals surface area (Å²) in [5, 5.41) is 5.35. The molecule has 2 aromatic rings. The van der Waals surface area contributed by atoms with Gasteiger partial charge in [-0.1, -0.05) is 24.6 Å². The van der Waals surface area contributed by atoms with Crippen LogP contribution in [-0.4, -0.2) is 9.78 Å². The van der Waals surface area contributed by atoms with Gasteiger partial charge in [0.05, 0.1) is 16.4 Å². The van der Waals surface area contributed by atoms with E-state index in [9.17, 15) is 0 Å². The van der Waals surface area contributed by atoms with E-state index in [0.717, 1.165) is 46.4 Å². The van der Waals surface area contributed by atoms with Crippen molar-refractivity contribution in [2.24, 2.45) is 0 Å². The standard InChI is InChI=1S/C15H20ClN3S/c1-4-12-15(16)13(19(5-2)18-12)9-20-14-8-6-7-11(17)10(14)3/h6-8H,4-5,9,17H2,1-3H3. The fourth-order valence-electron chi connectivity index (χ4n) is 2.09. The fraction of sp³-hybridized carbons (Fsp3) is 0.400. The summed E-state index contributed by atoms with van der Waals surface area (Å²) < 4.78 is 2.00. The quantitative estimate of drug-likeness (QED) is 0.661. The molecule has 20 heavy (non-hydrogen) atoms. The molecule has 2 N–H and O–H groups in total. The fourth-order valence-corrected chi connectivity index (χ4v) is 3.60. The first-order chi connectivity index (χ1) is 9.58. The molecule has 0 amide bonds. The summed E-state index contributed by atoms with van der Waals surface area (Å²) in [7, 11) is 0. The van der Waals surface area contributed by atoms with Crippen molar-refractivity contribution in [3.05, 3.63) is 40.2 Å². The number of aromatic nitrogens is 2. The SMILES string of the molecule is CCc1nn(CC)c(CSc2cccc(N)c2C)c1Cl. The molecule has 0 saturated heterocycles. The zero-order chi connectivity index (χ0) is 14.7. The van der Waals surface area contributed by atoms with E-state index in [-0.39, 0.29) is 0 Å². The number of thioether (sulfide) groups is 1. The van der Waals surface area contributed by atoms with Gasteiger partial charge in [0.1, 0.15) is 0 Å². The van der Waals surface area contributed by atoms with Crippen LogP contribution in [-0.2, 0) is 18.7 Å². The van der Waals surface area contributed by atoms with Crippen LogP contribution < -0.4 is 5.73 Å². The van der Waals surface area contributed by atoms with Crippen molar-refractivity contribution in [1.82, 2.24) is 9.78 Å². The van der Waals surface area contributed by atoms with Gasteiger partial charge in [0, 0.05) is 22.9 Å². The Morgan fingerprint density at radius 1 is 1.35 bits per heavy atom. The lowest BCUT2D eigenvalue weighted by Crippen LogP contribution is -2.02. The van der Waals surface area contributed by atoms with Crippen molar-refractivity contribution >= 4 is 29.1 Å². The summed E-state index contributed by atoms with van der Waals surface area (Å²) in [6, 6.07) is 6.01. The van der Waals surface area contributed by atoms with Crippen LogP contribution in [0.3, 0.4) is 0 Å². The number of nitrogens with zero attached hydrogens (tertiary/aromatic N) is 2. The number of benzene rings is 1. The van der Waals surface area contributed by atoms with Crippen molar-refractivity contribution in [2.75, 3.05) is 5.73 Å². The first-order valence-corrected chi connectivity index (χ1v) is 8.16. The van der Waals surface area contributed by atoms with Gasteiger partial charge in [-0.05, 0) is 38.0 Å². The van der Waals surface area contributed by atoms with Gasteiger partial charge in [-0.2, -0.15) is 5.10 Å². The highest BCUT2D eigenvalue weighted by molar-refractivity contribution is 7.98. The van der Waals surface area contributed by atoms with Gasteiger partial charge in [-0.25, -0.2) is 0 Å². The minimum Gasteiger partial charge on any atom is -0.398 e. The van der Waals surface area contributed by atoms with E-state index in [4.69, 9.17) is 17.3 Å². The highest BCUT2D eigenvalue weighted by atomic mass is 35.5. The summed E-state index contributed by atoms with van der Waals surface area (Å²) in [4.78, 5) is 1.20. The average molecular weight is 310 g/mol. The van der Waals surface area contributed by atoms with Crippen LogP contribution in [0.5, 0.6) is 0 Å². The molecule has 0 aliphatic rings. The molecule has 0 bridgehead atoms. The largest absolute Gasteiger partial charge is 0.398 e. The molecule has 1 aromatic carbocycles. The summed E-state index contributed by atoms with van der Waals surface area (Å²) >= 11 is 8.18. The van der Waals surface area contributed by atoms with Gasteiger partial charge in [-0.15, -0.1) is 11.8 Å². The number of nitrogen functional groups attached to an aromatic ring is 1. The van der Waals surface area contributed by atoms with E-state index in [1.165, 1.54) is 4.90 Å². The van der Waals surface area contributed by atoms with E-state index >= 15 is 0 Å². The number of nitrogens with two attached hydrogens (primary N) is 1. The molecule has 0 radical (unpaired) electrons. The number of rotatable bonds is 5. The number of hydrogen-bond donors (Lipinski definition) is 1. The van der Waals surface area contributed by atoms with Crippen LogP contribution >= 0.6 is 23.4 Å². The highest BCUT2D eigenvalue weighted by Gasteiger charge is 2.15. The van der Waals surface area contributed by atoms with Crippen molar-refractivity contribution in [3.8, 4) is 0 Å². The zero-order valence-corrected chi connectivity index (χ0v) is 13.7. The molecule has 2 rings (SSSR count). The summed E-state index contributed by atoms with van der Waals surface area (Å²) in [6.45, 7) is 7.05. The van der Waals surface area contributed by atoms with Crippen LogP contribution in [0.2, 0.25) is 5.02 Å². The number of aryl methyl sites for hydroxylation is 2. The van der Waals surface area contributed by atoms with Gasteiger partial charge in [0.15, 0.2) is 0 Å². The minimum atomic E-state index is 0.809. The van der Waals surface area contributed by atoms with Gasteiger partial charge >= 0.3 is 0 Å². The highest BCUT2D eigenvalue weighted by Crippen LogP contribution is 2.32. The monoisotopic (exact) mass is 309 g/mol. The number of hydrogen-bond acceptors (Lipinski definition) is 3. The third-order valence-electron chi connectivity index (χ3n) is 3.38. The molecule has 5 heteroatoms. The van der Waals surface area contributed by atoms with E-state index in [0.29, 0.717) is 0 Å². The van der Waals surface area contributed by atoms with E-state index in [1.54, 1.807) is 11.8 Å². The smallest absolute Gasteiger partial charge is 0.0858 e. The molecule has 0 saturated carbocycles. The molecule has 0 unspecified atom stereocenters. The van der Waals surface area contributed by atoms with Crippen LogP contribution in [0.1, 0.15) is 30.8 Å². The van der Waals surface area contributed by atoms with Crippen LogP contribution in [0.4, 0.5) is 5.69 Å². The van der Waals surface area contributed by atoms with E-state index in [2.05, 4.69) is 25.0 Å². The molecule has 0 atom stereocenters. The van der Waals surface area contributed by atoms with Gasteiger partial charge < -0.3 is 5.73 Å². The normalized spacial score (nSPS) is 11.0. The van der Waals surface area contributed by atoms with Crippen molar-refractivity contribution < 1.29 is 0 Å². The van der Waals surface area contributed by atoms with Crippen LogP contribution in [0.15, 0.2) is 23.1 Å². The Morgan fingerprint density at radius 2 is 2.10 bits per heavy atom. The van der Waals surface area contributed by atoms with Crippen molar-refractivity contribution in [3.63, 3.8) is 0 Å². The lowest BCUT2D eigenvalue weighted by atomic mass is 10.2. The molecule has 3 nitrogen and oxygen atoms in total. The molecule has 0 aliphatic heterocycles. The first kappa shape index (κ1) is 15.3. The number of anilines is 1. The van der Waals surface area contributed by atoms with Gasteiger partial charge in [-0.3, -0.25) is 4.68 Å². The minimum absolute atomic E-state index is 0.809. The lowest BCUT2D eigenvalue weighted by molar-refractivity contribution is 0.628. The molecule has 0 aliphatic carbocycles. The Morgan fingerprint density at radius 3 is 2.75 bits per heavy atom. The number of halogens is 1.